The Kier molecular flexibility index (Phi) is 3.80. The van der Waals surface area contributed by atoms with Crippen LogP contribution in [0.4, 0.5) is 5.69 Å². The molecule has 0 aliphatic carbocycles. The van der Waals surface area contributed by atoms with E-state index in [2.05, 4.69) is 4.98 Å². The molecule has 4 heteroatoms. The molecule has 19 heavy (non-hydrogen) atoms. The lowest BCUT2D eigenvalue weighted by atomic mass is 10.2. The second kappa shape index (κ2) is 5.52. The number of hydrogen-bond donors (Lipinski definition) is 0. The maximum atomic E-state index is 11.1. The number of carbonyl (C=O) groups is 1. The van der Waals surface area contributed by atoms with Gasteiger partial charge in [0.05, 0.1) is 6.20 Å². The highest BCUT2D eigenvalue weighted by atomic mass is 16.5. The van der Waals surface area contributed by atoms with E-state index in [1.54, 1.807) is 18.3 Å². The summed E-state index contributed by atoms with van der Waals surface area (Å²) in [6.45, 7) is 1.49. The van der Waals surface area contributed by atoms with E-state index in [4.69, 9.17) is 4.74 Å². The fourth-order valence-corrected chi connectivity index (χ4v) is 1.61. The lowest BCUT2D eigenvalue weighted by Gasteiger charge is -2.13. The van der Waals surface area contributed by atoms with Crippen LogP contribution in [0.15, 0.2) is 42.6 Å². The Morgan fingerprint density at radius 1 is 1.16 bits per heavy atom. The number of nitrogens with zero attached hydrogens (tertiary/aromatic N) is 2. The van der Waals surface area contributed by atoms with E-state index in [0.29, 0.717) is 11.4 Å². The average Bonchev–Trinajstić information content (AvgIpc) is 2.39. The third-order valence-corrected chi connectivity index (χ3v) is 2.67. The van der Waals surface area contributed by atoms with Gasteiger partial charge in [0.2, 0.25) is 0 Å². The van der Waals surface area contributed by atoms with E-state index in [0.717, 1.165) is 11.4 Å². The number of benzene rings is 1. The fourth-order valence-electron chi connectivity index (χ4n) is 1.61. The molecule has 98 valence electrons. The van der Waals surface area contributed by atoms with Crippen molar-refractivity contribution in [2.45, 2.75) is 6.92 Å². The largest absolute Gasteiger partial charge is 0.456 e. The first-order valence-corrected chi connectivity index (χ1v) is 5.98. The van der Waals surface area contributed by atoms with E-state index >= 15 is 0 Å². The molecule has 0 saturated heterocycles. The summed E-state index contributed by atoms with van der Waals surface area (Å²) in [5, 5.41) is 0. The highest BCUT2D eigenvalue weighted by Crippen LogP contribution is 2.24. The molecule has 1 heterocycles. The van der Waals surface area contributed by atoms with E-state index in [-0.39, 0.29) is 5.78 Å². The minimum Gasteiger partial charge on any atom is -0.456 e. The molecular weight excluding hydrogens is 240 g/mol. The maximum Gasteiger partial charge on any atom is 0.178 e. The first-order chi connectivity index (χ1) is 9.06. The van der Waals surface area contributed by atoms with Gasteiger partial charge >= 0.3 is 0 Å². The Morgan fingerprint density at radius 3 is 2.53 bits per heavy atom. The Bertz CT molecular complexity index is 577. The summed E-state index contributed by atoms with van der Waals surface area (Å²) in [6.07, 6.45) is 1.55. The summed E-state index contributed by atoms with van der Waals surface area (Å²) in [7, 11) is 3.95. The molecule has 1 aromatic carbocycles. The monoisotopic (exact) mass is 256 g/mol. The second-order valence-corrected chi connectivity index (χ2v) is 4.43. The van der Waals surface area contributed by atoms with Gasteiger partial charge in [-0.25, -0.2) is 4.98 Å². The van der Waals surface area contributed by atoms with Crippen molar-refractivity contribution in [2.75, 3.05) is 19.0 Å². The molecule has 0 amide bonds. The van der Waals surface area contributed by atoms with Gasteiger partial charge in [-0.2, -0.15) is 0 Å². The molecule has 4 nitrogen and oxygen atoms in total. The minimum atomic E-state index is -0.0545. The molecule has 0 fully saturated rings. The van der Waals surface area contributed by atoms with Crippen LogP contribution in [0.3, 0.4) is 0 Å². The summed E-state index contributed by atoms with van der Waals surface area (Å²) >= 11 is 0. The van der Waals surface area contributed by atoms with Crippen LogP contribution < -0.4 is 9.64 Å². The number of rotatable bonds is 4. The SMILES string of the molecule is CC(=O)c1ccc(Oc2cccc(N(C)C)c2)cn1. The zero-order valence-electron chi connectivity index (χ0n) is 11.3. The molecule has 0 N–H and O–H groups in total. The average molecular weight is 256 g/mol. The number of ketones is 1. The molecule has 1 aromatic heterocycles. The Morgan fingerprint density at radius 2 is 1.95 bits per heavy atom. The maximum absolute atomic E-state index is 11.1. The number of carbonyl (C=O) groups excluding carboxylic acids is 1. The van der Waals surface area contributed by atoms with Gasteiger partial charge in [0.15, 0.2) is 5.78 Å². The fraction of sp³-hybridized carbons (Fsp3) is 0.200. The smallest absolute Gasteiger partial charge is 0.178 e. The van der Waals surface area contributed by atoms with Gasteiger partial charge in [-0.1, -0.05) is 6.07 Å². The Hall–Kier alpha value is -2.36. The van der Waals surface area contributed by atoms with Crippen molar-refractivity contribution in [1.29, 1.82) is 0 Å². The third kappa shape index (κ3) is 3.31. The predicted molar refractivity (Wildman–Crippen MR) is 75.1 cm³/mol. The minimum absolute atomic E-state index is 0.0545. The summed E-state index contributed by atoms with van der Waals surface area (Å²) in [6, 6.07) is 11.2. The molecule has 0 aliphatic heterocycles. The highest BCUT2D eigenvalue weighted by molar-refractivity contribution is 5.92. The van der Waals surface area contributed by atoms with Gasteiger partial charge in [0, 0.05) is 32.8 Å². The van der Waals surface area contributed by atoms with Crippen LogP contribution in [0.5, 0.6) is 11.5 Å². The van der Waals surface area contributed by atoms with Crippen LogP contribution in [0.2, 0.25) is 0 Å². The molecule has 2 aromatic rings. The summed E-state index contributed by atoms with van der Waals surface area (Å²) in [5.74, 6) is 1.30. The lowest BCUT2D eigenvalue weighted by Crippen LogP contribution is -2.08. The third-order valence-electron chi connectivity index (χ3n) is 2.67. The quantitative estimate of drug-likeness (QED) is 0.788. The van der Waals surface area contributed by atoms with Gasteiger partial charge in [0.1, 0.15) is 17.2 Å². The zero-order chi connectivity index (χ0) is 13.8. The van der Waals surface area contributed by atoms with Crippen LogP contribution in [-0.4, -0.2) is 24.9 Å². The first kappa shape index (κ1) is 13.1. The lowest BCUT2D eigenvalue weighted by molar-refractivity contribution is 0.101. The van der Waals surface area contributed by atoms with E-state index < -0.39 is 0 Å². The van der Waals surface area contributed by atoms with E-state index in [9.17, 15) is 4.79 Å². The second-order valence-electron chi connectivity index (χ2n) is 4.43. The number of hydrogen-bond acceptors (Lipinski definition) is 4. The van der Waals surface area contributed by atoms with Crippen LogP contribution >= 0.6 is 0 Å². The van der Waals surface area contributed by atoms with Crippen molar-refractivity contribution in [3.05, 3.63) is 48.3 Å². The van der Waals surface area contributed by atoms with Gasteiger partial charge in [0.25, 0.3) is 0 Å². The first-order valence-electron chi connectivity index (χ1n) is 5.98. The van der Waals surface area contributed by atoms with Crippen LogP contribution in [-0.2, 0) is 0 Å². The standard InChI is InChI=1S/C15H16N2O2/c1-11(18)15-8-7-14(10-16-15)19-13-6-4-5-12(9-13)17(2)3/h4-10H,1-3H3. The van der Waals surface area contributed by atoms with Crippen molar-refractivity contribution in [1.82, 2.24) is 4.98 Å². The van der Waals surface area contributed by atoms with Gasteiger partial charge in [-0.3, -0.25) is 4.79 Å². The normalized spacial score (nSPS) is 10.1. The highest BCUT2D eigenvalue weighted by Gasteiger charge is 2.03. The summed E-state index contributed by atoms with van der Waals surface area (Å²) in [4.78, 5) is 17.2. The molecule has 0 spiro atoms. The molecule has 0 unspecified atom stereocenters. The van der Waals surface area contributed by atoms with Crippen molar-refractivity contribution in [3.8, 4) is 11.5 Å². The Balaban J connectivity index is 2.16. The number of aromatic nitrogens is 1. The van der Waals surface area contributed by atoms with Crippen LogP contribution in [0, 0.1) is 0 Å². The summed E-state index contributed by atoms with van der Waals surface area (Å²) in [5.41, 5.74) is 1.50. The molecule has 2 rings (SSSR count). The van der Waals surface area contributed by atoms with Gasteiger partial charge in [-0.05, 0) is 24.3 Å². The molecule has 0 bridgehead atoms. The van der Waals surface area contributed by atoms with Crippen LogP contribution in [0.1, 0.15) is 17.4 Å². The molecule has 0 aliphatic rings. The van der Waals surface area contributed by atoms with E-state index in [1.165, 1.54) is 6.92 Å². The Labute approximate surface area is 112 Å². The number of pyridine rings is 1. The molecule has 0 saturated carbocycles. The van der Waals surface area contributed by atoms with Crippen molar-refractivity contribution >= 4 is 11.5 Å². The molecule has 0 atom stereocenters. The van der Waals surface area contributed by atoms with E-state index in [1.807, 2.05) is 43.3 Å². The van der Waals surface area contributed by atoms with Crippen molar-refractivity contribution in [3.63, 3.8) is 0 Å². The predicted octanol–water partition coefficient (Wildman–Crippen LogP) is 3.14. The van der Waals surface area contributed by atoms with Crippen LogP contribution in [0.25, 0.3) is 0 Å². The molecule has 0 radical (unpaired) electrons. The number of Topliss-reactive ketones (excluding diaryl/α,β-unsaturated/α-hetero) is 1. The topological polar surface area (TPSA) is 42.4 Å². The van der Waals surface area contributed by atoms with Crippen molar-refractivity contribution < 1.29 is 9.53 Å². The zero-order valence-corrected chi connectivity index (χ0v) is 11.3. The summed E-state index contributed by atoms with van der Waals surface area (Å²) < 4.78 is 5.70. The van der Waals surface area contributed by atoms with Gasteiger partial charge < -0.3 is 9.64 Å². The molecular formula is C15H16N2O2. The van der Waals surface area contributed by atoms with Gasteiger partial charge in [-0.15, -0.1) is 0 Å². The number of ether oxygens (including phenoxy) is 1. The number of anilines is 1. The van der Waals surface area contributed by atoms with Crippen molar-refractivity contribution in [2.24, 2.45) is 0 Å².